The van der Waals surface area contributed by atoms with Gasteiger partial charge >= 0.3 is 5.97 Å². The van der Waals surface area contributed by atoms with E-state index >= 15 is 0 Å². The molecule has 2 aromatic rings. The van der Waals surface area contributed by atoms with Crippen molar-refractivity contribution in [3.8, 4) is 5.75 Å². The minimum atomic E-state index is -3.91. The Morgan fingerprint density at radius 1 is 1.14 bits per heavy atom. The molecule has 0 unspecified atom stereocenters. The Morgan fingerprint density at radius 2 is 1.86 bits per heavy atom. The molecule has 9 heteroatoms. The highest BCUT2D eigenvalue weighted by atomic mass is 32.2. The van der Waals surface area contributed by atoms with E-state index in [0.29, 0.717) is 29.8 Å². The number of methoxy groups -OCH3 is 2. The van der Waals surface area contributed by atoms with Gasteiger partial charge in [-0.3, -0.25) is 4.79 Å². The van der Waals surface area contributed by atoms with Gasteiger partial charge in [0.25, 0.3) is 0 Å². The lowest BCUT2D eigenvalue weighted by molar-refractivity contribution is -0.117. The predicted molar refractivity (Wildman–Crippen MR) is 106 cm³/mol. The van der Waals surface area contributed by atoms with Crippen LogP contribution >= 0.6 is 0 Å². The molecule has 1 fully saturated rings. The summed E-state index contributed by atoms with van der Waals surface area (Å²) in [6, 6.07) is 11.1. The molecule has 0 bridgehead atoms. The summed E-state index contributed by atoms with van der Waals surface area (Å²) in [5.74, 6) is -0.304. The average molecular weight is 418 g/mol. The molecule has 0 aromatic heterocycles. The highest BCUT2D eigenvalue weighted by Gasteiger charge is 2.26. The third kappa shape index (κ3) is 4.57. The quantitative estimate of drug-likeness (QED) is 0.691. The molecular weight excluding hydrogens is 396 g/mol. The molecule has 0 atom stereocenters. The Bertz CT molecular complexity index is 1020. The van der Waals surface area contributed by atoms with E-state index in [0.717, 1.165) is 6.42 Å². The number of rotatable bonds is 7. The van der Waals surface area contributed by atoms with Crippen molar-refractivity contribution in [2.75, 3.05) is 25.7 Å². The average Bonchev–Trinajstić information content (AvgIpc) is 3.17. The van der Waals surface area contributed by atoms with E-state index < -0.39 is 16.0 Å². The van der Waals surface area contributed by atoms with Crippen LogP contribution in [-0.4, -0.2) is 41.1 Å². The Labute approximate surface area is 169 Å². The summed E-state index contributed by atoms with van der Waals surface area (Å²) >= 11 is 0. The molecule has 154 valence electrons. The smallest absolute Gasteiger partial charge is 0.337 e. The summed E-state index contributed by atoms with van der Waals surface area (Å²) < 4.78 is 38.2. The number of hydrogen-bond acceptors (Lipinski definition) is 6. The fourth-order valence-electron chi connectivity index (χ4n) is 3.10. The van der Waals surface area contributed by atoms with Gasteiger partial charge in [0, 0.05) is 25.2 Å². The van der Waals surface area contributed by atoms with Gasteiger partial charge in [-0.2, -0.15) is 0 Å². The molecule has 0 saturated carbocycles. The first-order valence-corrected chi connectivity index (χ1v) is 10.5. The molecule has 0 aliphatic carbocycles. The first-order valence-electron chi connectivity index (χ1n) is 9.01. The number of carbonyl (C=O) groups excluding carboxylic acids is 2. The first kappa shape index (κ1) is 20.8. The molecule has 1 aliphatic heterocycles. The summed E-state index contributed by atoms with van der Waals surface area (Å²) in [5.41, 5.74) is 1.57. The lowest BCUT2D eigenvalue weighted by Crippen LogP contribution is -2.26. The molecule has 1 N–H and O–H groups in total. The zero-order chi connectivity index (χ0) is 21.0. The summed E-state index contributed by atoms with van der Waals surface area (Å²) in [4.78, 5) is 25.0. The Morgan fingerprint density at radius 3 is 2.45 bits per heavy atom. The lowest BCUT2D eigenvalue weighted by Gasteiger charge is -2.18. The fourth-order valence-corrected chi connectivity index (χ4v) is 4.30. The molecule has 3 rings (SSSR count). The van der Waals surface area contributed by atoms with Crippen LogP contribution in [0.5, 0.6) is 5.75 Å². The van der Waals surface area contributed by atoms with Gasteiger partial charge in [0.15, 0.2) is 0 Å². The van der Waals surface area contributed by atoms with Crippen molar-refractivity contribution in [1.82, 2.24) is 4.72 Å². The zero-order valence-electron chi connectivity index (χ0n) is 16.2. The van der Waals surface area contributed by atoms with Crippen molar-refractivity contribution >= 4 is 27.6 Å². The highest BCUT2D eigenvalue weighted by molar-refractivity contribution is 7.89. The number of anilines is 1. The normalized spacial score (nSPS) is 14.1. The van der Waals surface area contributed by atoms with Crippen molar-refractivity contribution in [2.45, 2.75) is 24.3 Å². The van der Waals surface area contributed by atoms with E-state index in [2.05, 4.69) is 9.46 Å². The van der Waals surface area contributed by atoms with Gasteiger partial charge < -0.3 is 14.4 Å². The monoisotopic (exact) mass is 418 g/mol. The molecule has 1 heterocycles. The standard InChI is InChI=1S/C20H22N2O6S/c1-27-17-10-9-16(22-11-3-4-19(22)23)12-18(17)29(25,26)21-13-14-5-7-15(8-6-14)20(24)28-2/h5-10,12,21H,3-4,11,13H2,1-2H3. The maximum atomic E-state index is 12.9. The highest BCUT2D eigenvalue weighted by Crippen LogP contribution is 2.31. The summed E-state index contributed by atoms with van der Waals surface area (Å²) in [6.07, 6.45) is 1.20. The first-order chi connectivity index (χ1) is 13.9. The number of nitrogens with one attached hydrogen (secondary N) is 1. The molecule has 1 amide bonds. The summed E-state index contributed by atoms with van der Waals surface area (Å²) in [5, 5.41) is 0. The van der Waals surface area contributed by atoms with Gasteiger partial charge in [-0.25, -0.2) is 17.9 Å². The van der Waals surface area contributed by atoms with Gasteiger partial charge in [0.2, 0.25) is 15.9 Å². The lowest BCUT2D eigenvalue weighted by atomic mass is 10.1. The van der Waals surface area contributed by atoms with E-state index in [1.54, 1.807) is 41.3 Å². The number of sulfonamides is 1. The molecule has 8 nitrogen and oxygen atoms in total. The molecule has 1 saturated heterocycles. The topological polar surface area (TPSA) is 102 Å². The number of esters is 1. The second-order valence-corrected chi connectivity index (χ2v) is 8.23. The minimum Gasteiger partial charge on any atom is -0.495 e. The van der Waals surface area contributed by atoms with Crippen LogP contribution in [0.25, 0.3) is 0 Å². The SMILES string of the molecule is COC(=O)c1ccc(CNS(=O)(=O)c2cc(N3CCCC3=O)ccc2OC)cc1. The van der Waals surface area contributed by atoms with Gasteiger partial charge in [-0.15, -0.1) is 0 Å². The number of hydrogen-bond donors (Lipinski definition) is 1. The van der Waals surface area contributed by atoms with Crippen LogP contribution in [0.2, 0.25) is 0 Å². The molecule has 1 aliphatic rings. The zero-order valence-corrected chi connectivity index (χ0v) is 17.0. The maximum absolute atomic E-state index is 12.9. The van der Waals surface area contributed by atoms with Gasteiger partial charge in [0.05, 0.1) is 19.8 Å². The fraction of sp³-hybridized carbons (Fsp3) is 0.300. The van der Waals surface area contributed by atoms with Crippen molar-refractivity contribution in [3.63, 3.8) is 0 Å². The van der Waals surface area contributed by atoms with E-state index in [9.17, 15) is 18.0 Å². The summed E-state index contributed by atoms with van der Waals surface area (Å²) in [6.45, 7) is 0.588. The minimum absolute atomic E-state index is 0.0276. The number of ether oxygens (including phenoxy) is 2. The number of benzene rings is 2. The van der Waals surface area contributed by atoms with Crippen LogP contribution < -0.4 is 14.4 Å². The van der Waals surface area contributed by atoms with Crippen molar-refractivity contribution in [2.24, 2.45) is 0 Å². The third-order valence-corrected chi connectivity index (χ3v) is 6.09. The van der Waals surface area contributed by atoms with E-state index in [1.165, 1.54) is 20.3 Å². The largest absolute Gasteiger partial charge is 0.495 e. The van der Waals surface area contributed by atoms with E-state index in [-0.39, 0.29) is 23.1 Å². The molecule has 0 spiro atoms. The second-order valence-electron chi connectivity index (χ2n) is 6.50. The molecular formula is C20H22N2O6S. The van der Waals surface area contributed by atoms with Crippen LogP contribution in [0, 0.1) is 0 Å². The van der Waals surface area contributed by atoms with Crippen molar-refractivity contribution < 1.29 is 27.5 Å². The maximum Gasteiger partial charge on any atom is 0.337 e. The van der Waals surface area contributed by atoms with Gasteiger partial charge in [-0.1, -0.05) is 12.1 Å². The van der Waals surface area contributed by atoms with E-state index in [1.807, 2.05) is 0 Å². The Balaban J connectivity index is 1.81. The van der Waals surface area contributed by atoms with E-state index in [4.69, 9.17) is 4.74 Å². The van der Waals surface area contributed by atoms with Gasteiger partial charge in [0.1, 0.15) is 10.6 Å². The molecule has 29 heavy (non-hydrogen) atoms. The van der Waals surface area contributed by atoms with Crippen LogP contribution in [0.3, 0.4) is 0 Å². The number of amides is 1. The molecule has 2 aromatic carbocycles. The van der Waals surface area contributed by atoms with Gasteiger partial charge in [-0.05, 0) is 42.3 Å². The third-order valence-electron chi connectivity index (χ3n) is 4.66. The predicted octanol–water partition coefficient (Wildman–Crippen LogP) is 2.09. The Hall–Kier alpha value is -2.91. The second kappa shape index (κ2) is 8.62. The Kier molecular flexibility index (Phi) is 6.19. The van der Waals surface area contributed by atoms with Crippen molar-refractivity contribution in [1.29, 1.82) is 0 Å². The van der Waals surface area contributed by atoms with Crippen LogP contribution in [0.1, 0.15) is 28.8 Å². The van der Waals surface area contributed by atoms with Crippen LogP contribution in [0.4, 0.5) is 5.69 Å². The summed E-state index contributed by atoms with van der Waals surface area (Å²) in [7, 11) is -1.22. The number of nitrogens with zero attached hydrogens (tertiary/aromatic N) is 1. The van der Waals surface area contributed by atoms with Crippen molar-refractivity contribution in [3.05, 3.63) is 53.6 Å². The van der Waals surface area contributed by atoms with Crippen LogP contribution in [-0.2, 0) is 26.1 Å². The molecule has 0 radical (unpaired) electrons. The van der Waals surface area contributed by atoms with Crippen LogP contribution in [0.15, 0.2) is 47.4 Å². The number of carbonyl (C=O) groups is 2.